The van der Waals surface area contributed by atoms with E-state index in [-0.39, 0.29) is 46.8 Å². The molecule has 2 aromatic rings. The molecule has 3 N–H and O–H groups in total. The second-order valence-electron chi connectivity index (χ2n) is 12.4. The molecular formula is C29H32N2O7. The number of nitro benzene ring substituents is 1. The van der Waals surface area contributed by atoms with Gasteiger partial charge in [0.15, 0.2) is 5.78 Å². The van der Waals surface area contributed by atoms with E-state index in [9.17, 15) is 29.9 Å². The van der Waals surface area contributed by atoms with Crippen LogP contribution in [0.4, 0.5) is 5.69 Å². The molecule has 0 bridgehead atoms. The summed E-state index contributed by atoms with van der Waals surface area (Å²) in [4.78, 5) is 38.3. The molecule has 2 heterocycles. The molecule has 1 amide bonds. The number of carbonyl (C=O) groups is 2. The summed E-state index contributed by atoms with van der Waals surface area (Å²) in [5, 5.41) is 36.7. The summed E-state index contributed by atoms with van der Waals surface area (Å²) in [5.41, 5.74) is -1.17. The van der Waals surface area contributed by atoms with Gasteiger partial charge in [-0.25, -0.2) is 0 Å². The lowest BCUT2D eigenvalue weighted by Crippen LogP contribution is -2.72. The lowest BCUT2D eigenvalue weighted by molar-refractivity contribution is -0.386. The smallest absolute Gasteiger partial charge is 0.277 e. The van der Waals surface area contributed by atoms with Crippen molar-refractivity contribution in [3.63, 3.8) is 0 Å². The molecule has 9 heteroatoms. The minimum absolute atomic E-state index is 0.0113. The Bertz CT molecular complexity index is 1420. The van der Waals surface area contributed by atoms with Gasteiger partial charge in [0.1, 0.15) is 23.2 Å². The number of Topliss-reactive ketones (excluding diaryl/α,β-unsaturated/α-hetero) is 1. The van der Waals surface area contributed by atoms with E-state index in [1.807, 2.05) is 13.8 Å². The number of carbonyl (C=O) groups excluding carboxylic acids is 2. The fourth-order valence-electron chi connectivity index (χ4n) is 8.01. The van der Waals surface area contributed by atoms with Gasteiger partial charge in [0, 0.05) is 40.4 Å². The summed E-state index contributed by atoms with van der Waals surface area (Å²) >= 11 is 0. The quantitative estimate of drug-likeness (QED) is 0.398. The van der Waals surface area contributed by atoms with Crippen LogP contribution in [0.5, 0.6) is 11.5 Å². The number of ether oxygens (including phenoxy) is 1. The average Bonchev–Trinajstić information content (AvgIpc) is 3.18. The number of benzene rings is 2. The number of aliphatic hydroxyl groups excluding tert-OH is 1. The van der Waals surface area contributed by atoms with Crippen molar-refractivity contribution in [2.45, 2.75) is 71.1 Å². The molecule has 1 spiro atoms. The molecule has 2 unspecified atom stereocenters. The number of ketones is 1. The van der Waals surface area contributed by atoms with E-state index in [1.165, 1.54) is 12.1 Å². The van der Waals surface area contributed by atoms with Gasteiger partial charge >= 0.3 is 0 Å². The van der Waals surface area contributed by atoms with Gasteiger partial charge in [-0.15, -0.1) is 0 Å². The number of nitrogens with zero attached hydrogens (tertiary/aromatic N) is 1. The number of fused-ring (bicyclic) bond motifs is 3. The lowest BCUT2D eigenvalue weighted by atomic mass is 9.43. The molecule has 200 valence electrons. The fraction of sp³-hybridized carbons (Fsp3) is 0.517. The van der Waals surface area contributed by atoms with E-state index in [4.69, 9.17) is 4.74 Å². The van der Waals surface area contributed by atoms with Crippen LogP contribution in [-0.4, -0.2) is 38.5 Å². The standard InChI is InChI=1S/C29H32N2O7/c1-14-9-10-21-27(2,3)25(34)20(33)13-29(21)28(14,4)12-17-18(31(36)37)11-16-22(24(17)38-29)23(30-26(16)35)15-7-5-6-8-19(15)32/h5-8,11,14,21,23,25,32,34H,9-10,12-13H2,1-4H3,(H,30,35)/t14-,21-,23?,25?,28+,29-/m0/s1. The second kappa shape index (κ2) is 7.79. The number of nitrogens with one attached hydrogen (secondary N) is 1. The topological polar surface area (TPSA) is 139 Å². The van der Waals surface area contributed by atoms with Crippen LogP contribution >= 0.6 is 0 Å². The summed E-state index contributed by atoms with van der Waals surface area (Å²) in [6.45, 7) is 7.94. The van der Waals surface area contributed by atoms with Gasteiger partial charge in [0.25, 0.3) is 11.6 Å². The molecule has 0 radical (unpaired) electrons. The van der Waals surface area contributed by atoms with Crippen molar-refractivity contribution in [2.75, 3.05) is 0 Å². The SMILES string of the molecule is C[C@H]1CC[C@H]2C(C)(C)C(O)C(=O)C[C@]23Oc2c(c([N+](=O)[O-])cc4c2C(c2ccccc2O)NC4=O)C[C@]13C. The molecule has 2 fully saturated rings. The van der Waals surface area contributed by atoms with Gasteiger partial charge in [0.2, 0.25) is 0 Å². The summed E-state index contributed by atoms with van der Waals surface area (Å²) < 4.78 is 7.02. The zero-order valence-corrected chi connectivity index (χ0v) is 21.9. The summed E-state index contributed by atoms with van der Waals surface area (Å²) in [6, 6.07) is 7.19. The Morgan fingerprint density at radius 1 is 1.13 bits per heavy atom. The predicted octanol–water partition coefficient (Wildman–Crippen LogP) is 4.22. The van der Waals surface area contributed by atoms with Crippen molar-refractivity contribution in [2.24, 2.45) is 22.7 Å². The maximum absolute atomic E-state index is 13.3. The van der Waals surface area contributed by atoms with Crippen LogP contribution in [-0.2, 0) is 11.2 Å². The van der Waals surface area contributed by atoms with Crippen LogP contribution in [0, 0.1) is 32.8 Å². The number of phenols is 1. The van der Waals surface area contributed by atoms with Crippen molar-refractivity contribution in [3.8, 4) is 11.5 Å². The lowest BCUT2D eigenvalue weighted by Gasteiger charge is -2.66. The van der Waals surface area contributed by atoms with Crippen LogP contribution in [0.3, 0.4) is 0 Å². The van der Waals surface area contributed by atoms with E-state index < -0.39 is 39.4 Å². The van der Waals surface area contributed by atoms with E-state index >= 15 is 0 Å². The number of aromatic hydroxyl groups is 1. The molecule has 38 heavy (non-hydrogen) atoms. The third kappa shape index (κ3) is 2.96. The number of aliphatic hydroxyl groups is 1. The van der Waals surface area contributed by atoms with Crippen molar-refractivity contribution < 1.29 is 29.5 Å². The van der Waals surface area contributed by atoms with Crippen molar-refractivity contribution >= 4 is 17.4 Å². The minimum atomic E-state index is -1.13. The summed E-state index contributed by atoms with van der Waals surface area (Å²) in [5.74, 6) is -0.663. The maximum Gasteiger partial charge on any atom is 0.277 e. The number of hydrogen-bond acceptors (Lipinski definition) is 7. The highest BCUT2D eigenvalue weighted by molar-refractivity contribution is 6.02. The van der Waals surface area contributed by atoms with Crippen LogP contribution in [0.25, 0.3) is 0 Å². The molecule has 2 aliphatic heterocycles. The average molecular weight is 521 g/mol. The molecule has 2 saturated carbocycles. The maximum atomic E-state index is 13.3. The molecule has 6 rings (SSSR count). The van der Waals surface area contributed by atoms with E-state index in [2.05, 4.69) is 19.2 Å². The Labute approximate surface area is 220 Å². The summed E-state index contributed by atoms with van der Waals surface area (Å²) in [6.07, 6.45) is 0.730. The van der Waals surface area contributed by atoms with E-state index in [0.717, 1.165) is 12.8 Å². The van der Waals surface area contributed by atoms with Gasteiger partial charge in [0.05, 0.1) is 22.1 Å². The van der Waals surface area contributed by atoms with Crippen LogP contribution < -0.4 is 10.1 Å². The first-order valence-electron chi connectivity index (χ1n) is 13.2. The van der Waals surface area contributed by atoms with Gasteiger partial charge in [-0.3, -0.25) is 19.7 Å². The number of rotatable bonds is 2. The molecular weight excluding hydrogens is 488 g/mol. The van der Waals surface area contributed by atoms with Crippen molar-refractivity contribution in [3.05, 3.63) is 62.7 Å². The molecule has 2 aliphatic carbocycles. The molecule has 9 nitrogen and oxygen atoms in total. The van der Waals surface area contributed by atoms with Crippen LogP contribution in [0.1, 0.15) is 80.0 Å². The number of amides is 1. The highest BCUT2D eigenvalue weighted by Crippen LogP contribution is 2.66. The molecule has 4 aliphatic rings. The Kier molecular flexibility index (Phi) is 5.09. The first-order chi connectivity index (χ1) is 17.8. The highest BCUT2D eigenvalue weighted by atomic mass is 16.6. The van der Waals surface area contributed by atoms with Crippen LogP contribution in [0.2, 0.25) is 0 Å². The molecule has 0 aromatic heterocycles. The Hall–Kier alpha value is -3.46. The Morgan fingerprint density at radius 3 is 2.53 bits per heavy atom. The normalized spacial score (nSPS) is 34.8. The van der Waals surface area contributed by atoms with Gasteiger partial charge < -0.3 is 20.3 Å². The summed E-state index contributed by atoms with van der Waals surface area (Å²) in [7, 11) is 0. The minimum Gasteiger partial charge on any atom is -0.508 e. The van der Waals surface area contributed by atoms with Gasteiger partial charge in [-0.05, 0) is 31.2 Å². The fourth-order valence-corrected chi connectivity index (χ4v) is 8.01. The third-order valence-electron chi connectivity index (χ3n) is 10.3. The number of nitro groups is 1. The number of hydrogen-bond donors (Lipinski definition) is 3. The zero-order chi connectivity index (χ0) is 27.4. The molecule has 2 aromatic carbocycles. The molecule has 6 atom stereocenters. The van der Waals surface area contributed by atoms with E-state index in [0.29, 0.717) is 23.1 Å². The van der Waals surface area contributed by atoms with Crippen molar-refractivity contribution in [1.29, 1.82) is 0 Å². The number of phenolic OH excluding ortho intramolecular Hbond substituents is 1. The number of para-hydroxylation sites is 1. The Balaban J connectivity index is 1.65. The first-order valence-corrected chi connectivity index (χ1v) is 13.2. The van der Waals surface area contributed by atoms with Crippen molar-refractivity contribution in [1.82, 2.24) is 5.32 Å². The zero-order valence-electron chi connectivity index (χ0n) is 21.9. The predicted molar refractivity (Wildman–Crippen MR) is 137 cm³/mol. The van der Waals surface area contributed by atoms with Gasteiger partial charge in [-0.1, -0.05) is 45.9 Å². The molecule has 0 saturated heterocycles. The Morgan fingerprint density at radius 2 is 1.84 bits per heavy atom. The monoisotopic (exact) mass is 520 g/mol. The van der Waals surface area contributed by atoms with E-state index in [1.54, 1.807) is 18.2 Å². The third-order valence-corrected chi connectivity index (χ3v) is 10.3. The highest BCUT2D eigenvalue weighted by Gasteiger charge is 2.70. The first kappa shape index (κ1) is 24.9. The second-order valence-corrected chi connectivity index (χ2v) is 12.4. The largest absolute Gasteiger partial charge is 0.508 e. The van der Waals surface area contributed by atoms with Crippen LogP contribution in [0.15, 0.2) is 30.3 Å². The van der Waals surface area contributed by atoms with Gasteiger partial charge in [-0.2, -0.15) is 0 Å².